The van der Waals surface area contributed by atoms with Gasteiger partial charge in [0.05, 0.1) is 18.8 Å². The van der Waals surface area contributed by atoms with Gasteiger partial charge in [0.1, 0.15) is 0 Å². The van der Waals surface area contributed by atoms with E-state index in [4.69, 9.17) is 9.47 Å². The molecule has 2 unspecified atom stereocenters. The molecule has 1 fully saturated rings. The molecular formula is C16H23BrO2. The molecule has 0 radical (unpaired) electrons. The van der Waals surface area contributed by atoms with Crippen LogP contribution in [0.15, 0.2) is 30.3 Å². The maximum atomic E-state index is 5.96. The van der Waals surface area contributed by atoms with E-state index in [9.17, 15) is 0 Å². The molecule has 3 heteroatoms. The summed E-state index contributed by atoms with van der Waals surface area (Å²) < 4.78 is 11.7. The molecule has 19 heavy (non-hydrogen) atoms. The first-order chi connectivity index (χ1) is 9.24. The van der Waals surface area contributed by atoms with E-state index in [-0.39, 0.29) is 5.60 Å². The monoisotopic (exact) mass is 326 g/mol. The highest BCUT2D eigenvalue weighted by atomic mass is 79.9. The minimum atomic E-state index is 0.0511. The molecular weight excluding hydrogens is 304 g/mol. The summed E-state index contributed by atoms with van der Waals surface area (Å²) in [6.45, 7) is 4.67. The van der Waals surface area contributed by atoms with Crippen molar-refractivity contribution in [3.8, 4) is 0 Å². The molecule has 0 N–H and O–H groups in total. The third-order valence-electron chi connectivity index (χ3n) is 3.67. The number of ether oxygens (including phenoxy) is 2. The van der Waals surface area contributed by atoms with E-state index in [0.717, 1.165) is 37.8 Å². The molecule has 1 aliphatic heterocycles. The zero-order valence-corrected chi connectivity index (χ0v) is 13.2. The van der Waals surface area contributed by atoms with Crippen LogP contribution in [0.25, 0.3) is 0 Å². The van der Waals surface area contributed by atoms with Crippen molar-refractivity contribution in [3.63, 3.8) is 0 Å². The Morgan fingerprint density at radius 3 is 2.79 bits per heavy atom. The smallest absolute Gasteiger partial charge is 0.0783 e. The summed E-state index contributed by atoms with van der Waals surface area (Å²) in [5.41, 5.74) is 1.29. The molecule has 0 aliphatic carbocycles. The van der Waals surface area contributed by atoms with Crippen LogP contribution >= 0.6 is 15.9 Å². The van der Waals surface area contributed by atoms with Crippen molar-refractivity contribution < 1.29 is 9.47 Å². The number of rotatable bonds is 7. The van der Waals surface area contributed by atoms with Gasteiger partial charge in [0.15, 0.2) is 0 Å². The van der Waals surface area contributed by atoms with E-state index in [1.165, 1.54) is 5.56 Å². The Morgan fingerprint density at radius 1 is 1.37 bits per heavy atom. The van der Waals surface area contributed by atoms with E-state index in [1.807, 2.05) is 18.2 Å². The van der Waals surface area contributed by atoms with E-state index in [1.54, 1.807) is 0 Å². The van der Waals surface area contributed by atoms with Crippen LogP contribution in [-0.4, -0.2) is 24.1 Å². The Hall–Kier alpha value is -0.380. The third kappa shape index (κ3) is 4.59. The first kappa shape index (κ1) is 15.0. The van der Waals surface area contributed by atoms with Gasteiger partial charge in [0, 0.05) is 11.9 Å². The summed E-state index contributed by atoms with van der Waals surface area (Å²) in [6, 6.07) is 10.3. The molecule has 0 amide bonds. The van der Waals surface area contributed by atoms with E-state index < -0.39 is 0 Å². The average molecular weight is 327 g/mol. The van der Waals surface area contributed by atoms with E-state index in [0.29, 0.717) is 12.5 Å². The quantitative estimate of drug-likeness (QED) is 0.553. The summed E-state index contributed by atoms with van der Waals surface area (Å²) in [4.78, 5) is 0. The van der Waals surface area contributed by atoms with Crippen LogP contribution in [0.2, 0.25) is 0 Å². The van der Waals surface area contributed by atoms with Crippen molar-refractivity contribution in [3.05, 3.63) is 35.9 Å². The highest BCUT2D eigenvalue weighted by Crippen LogP contribution is 2.35. The molecule has 2 atom stereocenters. The number of alkyl halides is 1. The van der Waals surface area contributed by atoms with Gasteiger partial charge >= 0.3 is 0 Å². The van der Waals surface area contributed by atoms with Gasteiger partial charge in [-0.15, -0.1) is 0 Å². The summed E-state index contributed by atoms with van der Waals surface area (Å²) in [5.74, 6) is 0.683. The van der Waals surface area contributed by atoms with Crippen LogP contribution in [-0.2, 0) is 16.1 Å². The lowest BCUT2D eigenvalue weighted by Gasteiger charge is -2.26. The fourth-order valence-corrected chi connectivity index (χ4v) is 3.34. The lowest BCUT2D eigenvalue weighted by molar-refractivity contribution is 0.00740. The zero-order chi connectivity index (χ0) is 13.6. The molecule has 2 rings (SSSR count). The molecule has 0 bridgehead atoms. The molecule has 106 valence electrons. The minimum absolute atomic E-state index is 0.0511. The van der Waals surface area contributed by atoms with E-state index >= 15 is 0 Å². The van der Waals surface area contributed by atoms with Gasteiger partial charge in [-0.2, -0.15) is 0 Å². The fourth-order valence-electron chi connectivity index (χ4n) is 2.67. The molecule has 1 aromatic carbocycles. The Balaban J connectivity index is 1.64. The van der Waals surface area contributed by atoms with Gasteiger partial charge in [0.25, 0.3) is 0 Å². The second-order valence-corrected chi connectivity index (χ2v) is 6.14. The molecule has 2 nitrogen and oxygen atoms in total. The minimum Gasteiger partial charge on any atom is -0.377 e. The summed E-state index contributed by atoms with van der Waals surface area (Å²) in [6.07, 6.45) is 3.31. The van der Waals surface area contributed by atoms with Gasteiger partial charge in [-0.3, -0.25) is 0 Å². The Kier molecular flexibility index (Phi) is 5.86. The first-order valence-corrected chi connectivity index (χ1v) is 8.18. The number of halogens is 1. The Bertz CT molecular complexity index is 368. The Morgan fingerprint density at radius 2 is 2.16 bits per heavy atom. The number of hydrogen-bond donors (Lipinski definition) is 0. The van der Waals surface area contributed by atoms with Crippen molar-refractivity contribution in [1.82, 2.24) is 0 Å². The maximum Gasteiger partial charge on any atom is 0.0783 e. The zero-order valence-electron chi connectivity index (χ0n) is 11.6. The average Bonchev–Trinajstić information content (AvgIpc) is 2.82. The first-order valence-electron chi connectivity index (χ1n) is 7.06. The van der Waals surface area contributed by atoms with Crippen LogP contribution in [0.1, 0.15) is 31.7 Å². The third-order valence-corrected chi connectivity index (χ3v) is 4.69. The number of benzene rings is 1. The van der Waals surface area contributed by atoms with Crippen molar-refractivity contribution in [2.75, 3.05) is 18.5 Å². The predicted octanol–water partition coefficient (Wildman–Crippen LogP) is 4.17. The lowest BCUT2D eigenvalue weighted by atomic mass is 9.93. The van der Waals surface area contributed by atoms with Crippen molar-refractivity contribution in [2.24, 2.45) is 5.92 Å². The van der Waals surface area contributed by atoms with Gasteiger partial charge < -0.3 is 9.47 Å². The van der Waals surface area contributed by atoms with E-state index in [2.05, 4.69) is 35.0 Å². The predicted molar refractivity (Wildman–Crippen MR) is 81.6 cm³/mol. The SMILES string of the molecule is CC1COC(CBr)(CCCOCc2ccccc2)C1. The lowest BCUT2D eigenvalue weighted by Crippen LogP contribution is -2.30. The van der Waals surface area contributed by atoms with Gasteiger partial charge in [-0.1, -0.05) is 53.2 Å². The largest absolute Gasteiger partial charge is 0.377 e. The molecule has 0 aromatic heterocycles. The second-order valence-electron chi connectivity index (χ2n) is 5.58. The molecule has 1 aromatic rings. The van der Waals surface area contributed by atoms with Gasteiger partial charge in [-0.25, -0.2) is 0 Å². The van der Waals surface area contributed by atoms with Crippen LogP contribution in [0.3, 0.4) is 0 Å². The maximum absolute atomic E-state index is 5.96. The van der Waals surface area contributed by atoms with Gasteiger partial charge in [-0.05, 0) is 30.7 Å². The van der Waals surface area contributed by atoms with Crippen molar-refractivity contribution >= 4 is 15.9 Å². The van der Waals surface area contributed by atoms with Crippen LogP contribution < -0.4 is 0 Å². The molecule has 1 heterocycles. The van der Waals surface area contributed by atoms with Crippen molar-refractivity contribution in [1.29, 1.82) is 0 Å². The van der Waals surface area contributed by atoms with Crippen LogP contribution in [0, 0.1) is 5.92 Å². The van der Waals surface area contributed by atoms with Gasteiger partial charge in [0.2, 0.25) is 0 Å². The Labute approximate surface area is 124 Å². The summed E-state index contributed by atoms with van der Waals surface area (Å²) in [7, 11) is 0. The molecule has 1 aliphatic rings. The molecule has 0 spiro atoms. The molecule has 0 saturated carbocycles. The molecule has 1 saturated heterocycles. The second kappa shape index (κ2) is 7.41. The van der Waals surface area contributed by atoms with Crippen molar-refractivity contribution in [2.45, 2.75) is 38.4 Å². The summed E-state index contributed by atoms with van der Waals surface area (Å²) >= 11 is 3.60. The highest BCUT2D eigenvalue weighted by Gasteiger charge is 2.37. The fraction of sp³-hybridized carbons (Fsp3) is 0.625. The topological polar surface area (TPSA) is 18.5 Å². The normalized spacial score (nSPS) is 26.7. The van der Waals surface area contributed by atoms with Crippen LogP contribution in [0.5, 0.6) is 0 Å². The number of hydrogen-bond acceptors (Lipinski definition) is 2. The standard InChI is InChI=1S/C16H23BrO2/c1-14-10-16(13-17,19-11-14)8-5-9-18-12-15-6-3-2-4-7-15/h2-4,6-7,14H,5,8-13H2,1H3. The summed E-state index contributed by atoms with van der Waals surface area (Å²) in [5, 5.41) is 0.934. The highest BCUT2D eigenvalue weighted by molar-refractivity contribution is 9.09. The van der Waals surface area contributed by atoms with Crippen LogP contribution in [0.4, 0.5) is 0 Å².